The van der Waals surface area contributed by atoms with E-state index in [1.165, 1.54) is 5.56 Å². The Hall–Kier alpha value is -2.62. The third-order valence-corrected chi connectivity index (χ3v) is 3.89. The minimum absolute atomic E-state index is 0.0201. The van der Waals surface area contributed by atoms with Gasteiger partial charge in [-0.15, -0.1) is 0 Å². The average Bonchev–Trinajstić information content (AvgIpc) is 2.65. The molecule has 4 nitrogen and oxygen atoms in total. The molecule has 0 unspecified atom stereocenters. The van der Waals surface area contributed by atoms with Gasteiger partial charge < -0.3 is 10.1 Å². The summed E-state index contributed by atoms with van der Waals surface area (Å²) in [7, 11) is 0. The maximum absolute atomic E-state index is 12.2. The summed E-state index contributed by atoms with van der Waals surface area (Å²) in [5.74, 6) is 0.443. The summed E-state index contributed by atoms with van der Waals surface area (Å²) < 4.78 is 5.62. The summed E-state index contributed by atoms with van der Waals surface area (Å²) in [6.45, 7) is 4.70. The van der Waals surface area contributed by atoms with Crippen LogP contribution in [0, 0.1) is 0 Å². The van der Waals surface area contributed by atoms with Crippen molar-refractivity contribution < 1.29 is 14.3 Å². The number of hydrogen-bond acceptors (Lipinski definition) is 3. The number of hydrogen-bond donors (Lipinski definition) is 1. The minimum Gasteiger partial charge on any atom is -0.491 e. The number of anilines is 1. The maximum Gasteiger partial charge on any atom is 0.224 e. The number of rotatable bonds is 9. The standard InChI is InChI=1S/C21H25NO3/c1-3-15-25-20-8-6-5-7-18(20)22-21(24)14-13-19(23)17-11-9-16(4-2)10-12-17/h5-12H,3-4,13-15H2,1-2H3,(H,22,24). The molecule has 0 aliphatic rings. The summed E-state index contributed by atoms with van der Waals surface area (Å²) >= 11 is 0. The van der Waals surface area contributed by atoms with Gasteiger partial charge in [0.1, 0.15) is 5.75 Å². The highest BCUT2D eigenvalue weighted by Gasteiger charge is 2.11. The molecule has 0 aliphatic carbocycles. The van der Waals surface area contributed by atoms with E-state index in [9.17, 15) is 9.59 Å². The van der Waals surface area contributed by atoms with Gasteiger partial charge in [-0.1, -0.05) is 50.2 Å². The third kappa shape index (κ3) is 5.75. The molecule has 0 fully saturated rings. The molecule has 4 heteroatoms. The molecule has 0 saturated carbocycles. The Morgan fingerprint density at radius 2 is 1.68 bits per heavy atom. The van der Waals surface area contributed by atoms with Crippen LogP contribution in [0.3, 0.4) is 0 Å². The molecule has 0 heterocycles. The lowest BCUT2D eigenvalue weighted by molar-refractivity contribution is -0.116. The minimum atomic E-state index is -0.189. The first kappa shape index (κ1) is 18.7. The topological polar surface area (TPSA) is 55.4 Å². The normalized spacial score (nSPS) is 10.3. The molecule has 0 radical (unpaired) electrons. The maximum atomic E-state index is 12.2. The first-order chi connectivity index (χ1) is 12.1. The molecule has 25 heavy (non-hydrogen) atoms. The lowest BCUT2D eigenvalue weighted by atomic mass is 10.0. The van der Waals surface area contributed by atoms with Crippen molar-refractivity contribution in [2.24, 2.45) is 0 Å². The van der Waals surface area contributed by atoms with Crippen LogP contribution in [0.1, 0.15) is 49.0 Å². The number of ketones is 1. The van der Waals surface area contributed by atoms with Crippen LogP contribution < -0.4 is 10.1 Å². The number of carbonyl (C=O) groups is 2. The van der Waals surface area contributed by atoms with E-state index < -0.39 is 0 Å². The van der Waals surface area contributed by atoms with E-state index in [-0.39, 0.29) is 24.5 Å². The van der Waals surface area contributed by atoms with Gasteiger partial charge in [0, 0.05) is 18.4 Å². The van der Waals surface area contributed by atoms with Crippen molar-refractivity contribution in [2.75, 3.05) is 11.9 Å². The molecule has 0 atom stereocenters. The molecule has 0 bridgehead atoms. The van der Waals surface area contributed by atoms with Crippen LogP contribution in [-0.4, -0.2) is 18.3 Å². The Morgan fingerprint density at radius 1 is 0.960 bits per heavy atom. The zero-order valence-corrected chi connectivity index (χ0v) is 14.9. The van der Waals surface area contributed by atoms with Crippen LogP contribution in [-0.2, 0) is 11.2 Å². The predicted molar refractivity (Wildman–Crippen MR) is 100 cm³/mol. The molecule has 0 aliphatic heterocycles. The van der Waals surface area contributed by atoms with Crippen molar-refractivity contribution in [3.8, 4) is 5.75 Å². The molecule has 0 aromatic heterocycles. The molecule has 2 rings (SSSR count). The highest BCUT2D eigenvalue weighted by molar-refractivity contribution is 6.00. The lowest BCUT2D eigenvalue weighted by Crippen LogP contribution is -2.14. The fraction of sp³-hybridized carbons (Fsp3) is 0.333. The smallest absolute Gasteiger partial charge is 0.224 e. The largest absolute Gasteiger partial charge is 0.491 e. The van der Waals surface area contributed by atoms with Crippen LogP contribution in [0.25, 0.3) is 0 Å². The summed E-state index contributed by atoms with van der Waals surface area (Å²) in [5, 5.41) is 2.83. The van der Waals surface area contributed by atoms with Gasteiger partial charge in [-0.2, -0.15) is 0 Å². The van der Waals surface area contributed by atoms with E-state index in [0.717, 1.165) is 12.8 Å². The average molecular weight is 339 g/mol. The quantitative estimate of drug-likeness (QED) is 0.677. The van der Waals surface area contributed by atoms with Gasteiger partial charge in [0.05, 0.1) is 12.3 Å². The molecule has 1 amide bonds. The van der Waals surface area contributed by atoms with Gasteiger partial charge in [0.15, 0.2) is 5.78 Å². The molecule has 132 valence electrons. The second-order valence-electron chi connectivity index (χ2n) is 5.87. The second kappa shape index (κ2) is 9.62. The number of benzene rings is 2. The highest BCUT2D eigenvalue weighted by atomic mass is 16.5. The van der Waals surface area contributed by atoms with Crippen molar-refractivity contribution >= 4 is 17.4 Å². The Bertz CT molecular complexity index is 707. The third-order valence-electron chi connectivity index (χ3n) is 3.89. The number of ether oxygens (including phenoxy) is 1. The molecule has 0 spiro atoms. The zero-order chi connectivity index (χ0) is 18.1. The van der Waals surface area contributed by atoms with E-state index in [4.69, 9.17) is 4.74 Å². The molecular weight excluding hydrogens is 314 g/mol. The van der Waals surface area contributed by atoms with Crippen LogP contribution >= 0.6 is 0 Å². The predicted octanol–water partition coefficient (Wildman–Crippen LogP) is 4.64. The van der Waals surface area contributed by atoms with Crippen LogP contribution in [0.4, 0.5) is 5.69 Å². The van der Waals surface area contributed by atoms with Gasteiger partial charge in [0.2, 0.25) is 5.91 Å². The van der Waals surface area contributed by atoms with Gasteiger partial charge in [-0.25, -0.2) is 0 Å². The van der Waals surface area contributed by atoms with Crippen molar-refractivity contribution in [3.63, 3.8) is 0 Å². The summed E-state index contributed by atoms with van der Waals surface area (Å²) in [4.78, 5) is 24.4. The Balaban J connectivity index is 1.89. The van der Waals surface area contributed by atoms with Crippen molar-refractivity contribution in [1.82, 2.24) is 0 Å². The Kier molecular flexibility index (Phi) is 7.20. The zero-order valence-electron chi connectivity index (χ0n) is 14.9. The van der Waals surface area contributed by atoms with Crippen molar-refractivity contribution in [2.45, 2.75) is 39.5 Å². The van der Waals surface area contributed by atoms with Crippen LogP contribution in [0.2, 0.25) is 0 Å². The first-order valence-electron chi connectivity index (χ1n) is 8.77. The number of amides is 1. The van der Waals surface area contributed by atoms with Gasteiger partial charge in [-0.3, -0.25) is 9.59 Å². The highest BCUT2D eigenvalue weighted by Crippen LogP contribution is 2.24. The monoisotopic (exact) mass is 339 g/mol. The number of carbonyl (C=O) groups excluding carboxylic acids is 2. The van der Waals surface area contributed by atoms with E-state index in [0.29, 0.717) is 23.6 Å². The molecule has 2 aromatic carbocycles. The molecular formula is C21H25NO3. The van der Waals surface area contributed by atoms with Crippen LogP contribution in [0.5, 0.6) is 5.75 Å². The fourth-order valence-corrected chi connectivity index (χ4v) is 2.42. The van der Waals surface area contributed by atoms with E-state index in [1.54, 1.807) is 6.07 Å². The first-order valence-corrected chi connectivity index (χ1v) is 8.77. The molecule has 1 N–H and O–H groups in total. The number of Topliss-reactive ketones (excluding diaryl/α,β-unsaturated/α-hetero) is 1. The van der Waals surface area contributed by atoms with E-state index in [2.05, 4.69) is 12.2 Å². The second-order valence-corrected chi connectivity index (χ2v) is 5.87. The molecule has 2 aromatic rings. The van der Waals surface area contributed by atoms with E-state index in [1.807, 2.05) is 49.4 Å². The Labute approximate surface area is 149 Å². The van der Waals surface area contributed by atoms with Crippen molar-refractivity contribution in [3.05, 3.63) is 59.7 Å². The van der Waals surface area contributed by atoms with Gasteiger partial charge in [-0.05, 0) is 30.5 Å². The number of para-hydroxylation sites is 2. The van der Waals surface area contributed by atoms with Crippen LogP contribution in [0.15, 0.2) is 48.5 Å². The summed E-state index contributed by atoms with van der Waals surface area (Å²) in [6, 6.07) is 14.9. The number of nitrogens with one attached hydrogen (secondary N) is 1. The van der Waals surface area contributed by atoms with E-state index >= 15 is 0 Å². The molecule has 0 saturated heterocycles. The van der Waals surface area contributed by atoms with Crippen molar-refractivity contribution in [1.29, 1.82) is 0 Å². The fourth-order valence-electron chi connectivity index (χ4n) is 2.42. The van der Waals surface area contributed by atoms with Gasteiger partial charge in [0.25, 0.3) is 0 Å². The number of aryl methyl sites for hydroxylation is 1. The Morgan fingerprint density at radius 3 is 2.36 bits per heavy atom. The van der Waals surface area contributed by atoms with Gasteiger partial charge >= 0.3 is 0 Å². The summed E-state index contributed by atoms with van der Waals surface area (Å²) in [6.07, 6.45) is 2.18. The summed E-state index contributed by atoms with van der Waals surface area (Å²) in [5.41, 5.74) is 2.48. The lowest BCUT2D eigenvalue weighted by Gasteiger charge is -2.11. The SMILES string of the molecule is CCCOc1ccccc1NC(=O)CCC(=O)c1ccc(CC)cc1.